The van der Waals surface area contributed by atoms with Crippen LogP contribution in [-0.2, 0) is 13.0 Å². The van der Waals surface area contributed by atoms with Crippen molar-refractivity contribution in [1.29, 1.82) is 0 Å². The summed E-state index contributed by atoms with van der Waals surface area (Å²) >= 11 is 7.90. The molecule has 1 amide bonds. The standard InChI is InChI=1S/C33H43ClN2O2S/c1-5-9-23(3)24(4)39-35-33(37)27-15-17-32-31(20-27)36(21-28-13-12-25(28)10-6-2)22-29-14-16-30(34)19-26(29)11-7-8-18-38-32/h5-6,14-17,19-20,23-25,28H,1-2,7-13,18,21-22H2,3-4H3,(H,35,37)/t23-,24+,25+,28-/m0/s1. The lowest BCUT2D eigenvalue weighted by Gasteiger charge is -2.41. The molecule has 2 aromatic rings. The number of hydrogen-bond donors (Lipinski definition) is 1. The van der Waals surface area contributed by atoms with Crippen LogP contribution in [0, 0.1) is 17.8 Å². The highest BCUT2D eigenvalue weighted by Gasteiger charge is 2.32. The number of fused-ring (bicyclic) bond motifs is 2. The fraction of sp³-hybridized carbons (Fsp3) is 0.485. The maximum atomic E-state index is 13.3. The molecule has 0 unspecified atom stereocenters. The van der Waals surface area contributed by atoms with E-state index in [1.165, 1.54) is 35.9 Å². The number of amides is 1. The first-order chi connectivity index (χ1) is 18.9. The molecule has 1 saturated carbocycles. The molecular formula is C33H43ClN2O2S. The lowest BCUT2D eigenvalue weighted by molar-refractivity contribution is 0.0984. The molecule has 1 aliphatic carbocycles. The fourth-order valence-corrected chi connectivity index (χ4v) is 6.47. The number of hydrogen-bond acceptors (Lipinski definition) is 4. The van der Waals surface area contributed by atoms with Gasteiger partial charge >= 0.3 is 0 Å². The summed E-state index contributed by atoms with van der Waals surface area (Å²) in [6.45, 7) is 14.5. The molecule has 0 radical (unpaired) electrons. The number of benzene rings is 2. The molecule has 4 nitrogen and oxygen atoms in total. The van der Waals surface area contributed by atoms with Crippen molar-refractivity contribution in [3.63, 3.8) is 0 Å². The highest BCUT2D eigenvalue weighted by molar-refractivity contribution is 7.98. The van der Waals surface area contributed by atoms with E-state index in [2.05, 4.69) is 54.8 Å². The van der Waals surface area contributed by atoms with Crippen LogP contribution < -0.4 is 14.4 Å². The van der Waals surface area contributed by atoms with Crippen molar-refractivity contribution >= 4 is 35.1 Å². The first-order valence-corrected chi connectivity index (χ1v) is 15.6. The Kier molecular flexibility index (Phi) is 10.9. The number of nitrogens with zero attached hydrogens (tertiary/aromatic N) is 1. The van der Waals surface area contributed by atoms with Crippen LogP contribution >= 0.6 is 23.5 Å². The maximum Gasteiger partial charge on any atom is 0.261 e. The topological polar surface area (TPSA) is 41.6 Å². The highest BCUT2D eigenvalue weighted by Crippen LogP contribution is 2.41. The number of ether oxygens (including phenoxy) is 1. The molecule has 0 aromatic heterocycles. The average molecular weight is 567 g/mol. The van der Waals surface area contributed by atoms with Gasteiger partial charge in [-0.15, -0.1) is 13.2 Å². The third-order valence-electron chi connectivity index (χ3n) is 8.37. The number of allylic oxidation sites excluding steroid dienone is 2. The van der Waals surface area contributed by atoms with Gasteiger partial charge in [-0.2, -0.15) is 0 Å². The molecule has 1 fully saturated rings. The first-order valence-electron chi connectivity index (χ1n) is 14.4. The van der Waals surface area contributed by atoms with Gasteiger partial charge in [-0.05, 0) is 116 Å². The van der Waals surface area contributed by atoms with E-state index in [-0.39, 0.29) is 11.2 Å². The van der Waals surface area contributed by atoms with Gasteiger partial charge in [0.25, 0.3) is 5.91 Å². The Labute approximate surface area is 244 Å². The molecule has 1 heterocycles. The van der Waals surface area contributed by atoms with Gasteiger partial charge in [-0.3, -0.25) is 9.52 Å². The number of anilines is 1. The minimum Gasteiger partial charge on any atom is -0.491 e. The minimum atomic E-state index is -0.0740. The van der Waals surface area contributed by atoms with Crippen LogP contribution in [0.2, 0.25) is 5.02 Å². The van der Waals surface area contributed by atoms with E-state index in [4.69, 9.17) is 16.3 Å². The Bertz CT molecular complexity index is 1150. The molecule has 2 aromatic carbocycles. The zero-order chi connectivity index (χ0) is 27.8. The second-order valence-electron chi connectivity index (χ2n) is 11.2. The monoisotopic (exact) mass is 566 g/mol. The molecule has 39 heavy (non-hydrogen) atoms. The zero-order valence-electron chi connectivity index (χ0n) is 23.5. The molecule has 0 bridgehead atoms. The van der Waals surface area contributed by atoms with E-state index in [0.29, 0.717) is 29.9 Å². The van der Waals surface area contributed by atoms with Crippen LogP contribution in [0.25, 0.3) is 0 Å². The normalized spacial score (nSPS) is 20.6. The Morgan fingerprint density at radius 3 is 2.69 bits per heavy atom. The Morgan fingerprint density at radius 2 is 1.95 bits per heavy atom. The van der Waals surface area contributed by atoms with Gasteiger partial charge in [0.1, 0.15) is 5.75 Å². The van der Waals surface area contributed by atoms with Crippen LogP contribution in [0.15, 0.2) is 61.7 Å². The van der Waals surface area contributed by atoms with E-state index >= 15 is 0 Å². The minimum absolute atomic E-state index is 0.0740. The largest absolute Gasteiger partial charge is 0.491 e. The van der Waals surface area contributed by atoms with Crippen molar-refractivity contribution in [3.05, 3.63) is 83.4 Å². The molecule has 210 valence electrons. The smallest absolute Gasteiger partial charge is 0.261 e. The number of nitrogens with one attached hydrogen (secondary N) is 1. The number of carbonyl (C=O) groups excluding carboxylic acids is 1. The van der Waals surface area contributed by atoms with Crippen LogP contribution in [0.3, 0.4) is 0 Å². The third kappa shape index (κ3) is 7.85. The Hall–Kier alpha value is -2.37. The lowest BCUT2D eigenvalue weighted by Crippen LogP contribution is -2.38. The number of rotatable bonds is 10. The summed E-state index contributed by atoms with van der Waals surface area (Å²) in [5.41, 5.74) is 4.25. The first kappa shape index (κ1) is 29.6. The summed E-state index contributed by atoms with van der Waals surface area (Å²) in [5, 5.41) is 1.07. The van der Waals surface area contributed by atoms with Crippen molar-refractivity contribution in [3.8, 4) is 5.75 Å². The van der Waals surface area contributed by atoms with Gasteiger partial charge in [0.2, 0.25) is 0 Å². The Morgan fingerprint density at radius 1 is 1.13 bits per heavy atom. The third-order valence-corrected chi connectivity index (χ3v) is 9.74. The molecule has 0 saturated heterocycles. The van der Waals surface area contributed by atoms with E-state index in [1.54, 1.807) is 0 Å². The Balaban J connectivity index is 1.64. The molecule has 2 aliphatic rings. The van der Waals surface area contributed by atoms with Crippen LogP contribution in [0.4, 0.5) is 5.69 Å². The summed E-state index contributed by atoms with van der Waals surface area (Å²) in [7, 11) is 0. The fourth-order valence-electron chi connectivity index (χ4n) is 5.52. The van der Waals surface area contributed by atoms with Gasteiger partial charge < -0.3 is 9.64 Å². The van der Waals surface area contributed by atoms with Gasteiger partial charge in [-0.1, -0.05) is 43.7 Å². The number of halogens is 1. The van der Waals surface area contributed by atoms with Crippen molar-refractivity contribution < 1.29 is 9.53 Å². The van der Waals surface area contributed by atoms with E-state index in [9.17, 15) is 4.79 Å². The number of carbonyl (C=O) groups is 1. The molecule has 1 N–H and O–H groups in total. The molecule has 6 heteroatoms. The van der Waals surface area contributed by atoms with Crippen molar-refractivity contribution in [2.75, 3.05) is 18.1 Å². The van der Waals surface area contributed by atoms with E-state index in [0.717, 1.165) is 61.7 Å². The lowest BCUT2D eigenvalue weighted by atomic mass is 9.71. The maximum absolute atomic E-state index is 13.3. The van der Waals surface area contributed by atoms with Gasteiger partial charge in [0.05, 0.1) is 12.3 Å². The predicted molar refractivity (Wildman–Crippen MR) is 167 cm³/mol. The van der Waals surface area contributed by atoms with E-state index in [1.807, 2.05) is 30.3 Å². The van der Waals surface area contributed by atoms with Crippen molar-refractivity contribution in [2.45, 2.75) is 70.6 Å². The van der Waals surface area contributed by atoms with Gasteiger partial charge in [0.15, 0.2) is 0 Å². The predicted octanol–water partition coefficient (Wildman–Crippen LogP) is 8.64. The second-order valence-corrected chi connectivity index (χ2v) is 12.8. The molecule has 1 aliphatic heterocycles. The van der Waals surface area contributed by atoms with Crippen LogP contribution in [0.1, 0.15) is 73.9 Å². The number of aryl methyl sites for hydroxylation is 1. The van der Waals surface area contributed by atoms with Crippen LogP contribution in [-0.4, -0.2) is 24.3 Å². The molecular weight excluding hydrogens is 524 g/mol. The highest BCUT2D eigenvalue weighted by atomic mass is 35.5. The summed E-state index contributed by atoms with van der Waals surface area (Å²) in [4.78, 5) is 15.7. The average Bonchev–Trinajstić information content (AvgIpc) is 2.95. The second kappa shape index (κ2) is 14.3. The zero-order valence-corrected chi connectivity index (χ0v) is 25.0. The van der Waals surface area contributed by atoms with Gasteiger partial charge in [-0.25, -0.2) is 0 Å². The quantitative estimate of drug-likeness (QED) is 0.231. The van der Waals surface area contributed by atoms with Crippen molar-refractivity contribution in [2.24, 2.45) is 17.8 Å². The van der Waals surface area contributed by atoms with E-state index < -0.39 is 0 Å². The molecule has 0 spiro atoms. The summed E-state index contributed by atoms with van der Waals surface area (Å²) in [6.07, 6.45) is 11.4. The molecule has 4 atom stereocenters. The molecule has 4 rings (SSSR count). The summed E-state index contributed by atoms with van der Waals surface area (Å²) in [6, 6.07) is 12.2. The SMILES string of the molecule is C=CC[C@@H]1CC[C@H]1CN1Cc2ccc(Cl)cc2CCCCOc2ccc(C(=O)NS[C@H](C)[C@@H](C)CC=C)cc21. The van der Waals surface area contributed by atoms with Gasteiger partial charge in [0, 0.05) is 28.9 Å². The summed E-state index contributed by atoms with van der Waals surface area (Å²) < 4.78 is 9.43. The van der Waals surface area contributed by atoms with Crippen LogP contribution in [0.5, 0.6) is 5.75 Å². The van der Waals surface area contributed by atoms with Crippen molar-refractivity contribution in [1.82, 2.24) is 4.72 Å². The summed E-state index contributed by atoms with van der Waals surface area (Å²) in [5.74, 6) is 2.47.